The summed E-state index contributed by atoms with van der Waals surface area (Å²) in [4.78, 5) is 12.2. The average Bonchev–Trinajstić information content (AvgIpc) is 2.76. The SMILES string of the molecule is CCOc1ccccc1C(=O)NC1CCCC1Cl. The number of nitrogens with one attached hydrogen (secondary N) is 1. The Balaban J connectivity index is 2.08. The summed E-state index contributed by atoms with van der Waals surface area (Å²) >= 11 is 6.16. The Labute approximate surface area is 112 Å². The lowest BCUT2D eigenvalue weighted by Gasteiger charge is -2.17. The molecule has 1 N–H and O–H groups in total. The molecule has 1 amide bonds. The van der Waals surface area contributed by atoms with Gasteiger partial charge in [-0.2, -0.15) is 0 Å². The summed E-state index contributed by atoms with van der Waals surface area (Å²) in [5.41, 5.74) is 0.579. The summed E-state index contributed by atoms with van der Waals surface area (Å²) in [5.74, 6) is 0.526. The molecular formula is C14H18ClNO2. The summed E-state index contributed by atoms with van der Waals surface area (Å²) in [5, 5.41) is 3.04. The number of alkyl halides is 1. The van der Waals surface area contributed by atoms with E-state index in [1.54, 1.807) is 6.07 Å². The zero-order chi connectivity index (χ0) is 13.0. The molecule has 0 bridgehead atoms. The number of hydrogen-bond donors (Lipinski definition) is 1. The zero-order valence-electron chi connectivity index (χ0n) is 10.5. The van der Waals surface area contributed by atoms with E-state index in [-0.39, 0.29) is 17.3 Å². The van der Waals surface area contributed by atoms with E-state index in [4.69, 9.17) is 16.3 Å². The zero-order valence-corrected chi connectivity index (χ0v) is 11.2. The molecule has 1 aromatic carbocycles. The fourth-order valence-electron chi connectivity index (χ4n) is 2.26. The van der Waals surface area contributed by atoms with Crippen molar-refractivity contribution in [2.24, 2.45) is 0 Å². The molecule has 18 heavy (non-hydrogen) atoms. The van der Waals surface area contributed by atoms with Crippen LogP contribution in [-0.4, -0.2) is 23.9 Å². The molecule has 2 atom stereocenters. The van der Waals surface area contributed by atoms with Crippen LogP contribution in [-0.2, 0) is 0 Å². The molecule has 1 aliphatic carbocycles. The highest BCUT2D eigenvalue weighted by atomic mass is 35.5. The number of hydrogen-bond acceptors (Lipinski definition) is 2. The summed E-state index contributed by atoms with van der Waals surface area (Å²) in [7, 11) is 0. The molecule has 98 valence electrons. The molecule has 0 aliphatic heterocycles. The van der Waals surface area contributed by atoms with E-state index in [0.29, 0.717) is 17.9 Å². The number of halogens is 1. The third-order valence-corrected chi connectivity index (χ3v) is 3.70. The van der Waals surface area contributed by atoms with Crippen molar-refractivity contribution in [1.29, 1.82) is 0 Å². The van der Waals surface area contributed by atoms with E-state index in [2.05, 4.69) is 5.32 Å². The van der Waals surface area contributed by atoms with E-state index < -0.39 is 0 Å². The maximum absolute atomic E-state index is 12.2. The summed E-state index contributed by atoms with van der Waals surface area (Å²) in [6, 6.07) is 7.37. The first-order valence-corrected chi connectivity index (χ1v) is 6.82. The standard InChI is InChI=1S/C14H18ClNO2/c1-2-18-13-9-4-3-6-10(13)14(17)16-12-8-5-7-11(12)15/h3-4,6,9,11-12H,2,5,7-8H2,1H3,(H,16,17). The summed E-state index contributed by atoms with van der Waals surface area (Å²) < 4.78 is 5.46. The van der Waals surface area contributed by atoms with Crippen molar-refractivity contribution in [2.75, 3.05) is 6.61 Å². The second kappa shape index (κ2) is 6.10. The number of benzene rings is 1. The first-order valence-electron chi connectivity index (χ1n) is 6.39. The number of carbonyl (C=O) groups is 1. The Bertz CT molecular complexity index is 422. The monoisotopic (exact) mass is 267 g/mol. The Morgan fingerprint density at radius 3 is 2.89 bits per heavy atom. The Morgan fingerprint density at radius 2 is 2.22 bits per heavy atom. The van der Waals surface area contributed by atoms with E-state index in [1.807, 2.05) is 25.1 Å². The maximum atomic E-state index is 12.2. The minimum atomic E-state index is -0.100. The molecule has 1 saturated carbocycles. The van der Waals surface area contributed by atoms with Gasteiger partial charge in [0.1, 0.15) is 5.75 Å². The van der Waals surface area contributed by atoms with Crippen molar-refractivity contribution in [3.05, 3.63) is 29.8 Å². The topological polar surface area (TPSA) is 38.3 Å². The van der Waals surface area contributed by atoms with Gasteiger partial charge < -0.3 is 10.1 Å². The third-order valence-electron chi connectivity index (χ3n) is 3.18. The fourth-order valence-corrected chi connectivity index (χ4v) is 2.60. The van der Waals surface area contributed by atoms with Crippen LogP contribution in [0.2, 0.25) is 0 Å². The molecular weight excluding hydrogens is 250 g/mol. The van der Waals surface area contributed by atoms with Crippen LogP contribution in [0.15, 0.2) is 24.3 Å². The summed E-state index contributed by atoms with van der Waals surface area (Å²) in [6.45, 7) is 2.45. The van der Waals surface area contributed by atoms with Gasteiger partial charge in [-0.05, 0) is 38.3 Å². The second-order valence-corrected chi connectivity index (χ2v) is 5.02. The van der Waals surface area contributed by atoms with Gasteiger partial charge in [-0.3, -0.25) is 4.79 Å². The predicted molar refractivity (Wildman–Crippen MR) is 72.4 cm³/mol. The van der Waals surface area contributed by atoms with Crippen molar-refractivity contribution in [3.8, 4) is 5.75 Å². The average molecular weight is 268 g/mol. The normalized spacial score (nSPS) is 22.8. The van der Waals surface area contributed by atoms with Crippen LogP contribution < -0.4 is 10.1 Å². The first-order chi connectivity index (χ1) is 8.72. The number of amides is 1. The Hall–Kier alpha value is -1.22. The largest absolute Gasteiger partial charge is 0.493 e. The molecule has 1 aliphatic rings. The van der Waals surface area contributed by atoms with Crippen LogP contribution in [0.3, 0.4) is 0 Å². The molecule has 0 radical (unpaired) electrons. The molecule has 3 nitrogen and oxygen atoms in total. The molecule has 0 aromatic heterocycles. The van der Waals surface area contributed by atoms with E-state index in [0.717, 1.165) is 19.3 Å². The van der Waals surface area contributed by atoms with Crippen molar-refractivity contribution in [3.63, 3.8) is 0 Å². The van der Waals surface area contributed by atoms with Gasteiger partial charge in [-0.1, -0.05) is 12.1 Å². The van der Waals surface area contributed by atoms with Gasteiger partial charge in [-0.25, -0.2) is 0 Å². The number of para-hydroxylation sites is 1. The van der Waals surface area contributed by atoms with Gasteiger partial charge in [0, 0.05) is 6.04 Å². The minimum absolute atomic E-state index is 0.0493. The van der Waals surface area contributed by atoms with E-state index >= 15 is 0 Å². The predicted octanol–water partition coefficient (Wildman–Crippen LogP) is 2.98. The van der Waals surface area contributed by atoms with Crippen LogP contribution in [0, 0.1) is 0 Å². The number of ether oxygens (including phenoxy) is 1. The highest BCUT2D eigenvalue weighted by molar-refractivity contribution is 6.21. The molecule has 1 fully saturated rings. The highest BCUT2D eigenvalue weighted by Crippen LogP contribution is 2.25. The van der Waals surface area contributed by atoms with Crippen molar-refractivity contribution >= 4 is 17.5 Å². The quantitative estimate of drug-likeness (QED) is 0.852. The van der Waals surface area contributed by atoms with Crippen LogP contribution in [0.4, 0.5) is 0 Å². The van der Waals surface area contributed by atoms with Gasteiger partial charge in [0.25, 0.3) is 5.91 Å². The van der Waals surface area contributed by atoms with Crippen molar-refractivity contribution in [2.45, 2.75) is 37.6 Å². The van der Waals surface area contributed by atoms with Gasteiger partial charge >= 0.3 is 0 Å². The lowest BCUT2D eigenvalue weighted by Crippen LogP contribution is -2.38. The second-order valence-electron chi connectivity index (χ2n) is 4.46. The lowest BCUT2D eigenvalue weighted by atomic mass is 10.1. The highest BCUT2D eigenvalue weighted by Gasteiger charge is 2.27. The molecule has 2 rings (SSSR count). The van der Waals surface area contributed by atoms with Crippen LogP contribution >= 0.6 is 11.6 Å². The summed E-state index contributed by atoms with van der Waals surface area (Å²) in [6.07, 6.45) is 3.00. The number of rotatable bonds is 4. The third kappa shape index (κ3) is 2.96. The van der Waals surface area contributed by atoms with Gasteiger partial charge in [0.15, 0.2) is 0 Å². The van der Waals surface area contributed by atoms with Crippen LogP contribution in [0.25, 0.3) is 0 Å². The van der Waals surface area contributed by atoms with Gasteiger partial charge in [0.2, 0.25) is 0 Å². The first kappa shape index (κ1) is 13.2. The van der Waals surface area contributed by atoms with Gasteiger partial charge in [-0.15, -0.1) is 11.6 Å². The Kier molecular flexibility index (Phi) is 4.48. The molecule has 4 heteroatoms. The molecule has 0 heterocycles. The van der Waals surface area contributed by atoms with Crippen LogP contribution in [0.1, 0.15) is 36.5 Å². The van der Waals surface area contributed by atoms with Gasteiger partial charge in [0.05, 0.1) is 17.5 Å². The van der Waals surface area contributed by atoms with E-state index in [9.17, 15) is 4.79 Å². The van der Waals surface area contributed by atoms with Crippen molar-refractivity contribution in [1.82, 2.24) is 5.32 Å². The van der Waals surface area contributed by atoms with Crippen LogP contribution in [0.5, 0.6) is 5.75 Å². The lowest BCUT2D eigenvalue weighted by molar-refractivity contribution is 0.0934. The molecule has 0 spiro atoms. The van der Waals surface area contributed by atoms with Crippen molar-refractivity contribution < 1.29 is 9.53 Å². The van der Waals surface area contributed by atoms with E-state index in [1.165, 1.54) is 0 Å². The smallest absolute Gasteiger partial charge is 0.255 e. The minimum Gasteiger partial charge on any atom is -0.493 e. The Morgan fingerprint density at radius 1 is 1.44 bits per heavy atom. The maximum Gasteiger partial charge on any atom is 0.255 e. The molecule has 2 unspecified atom stereocenters. The molecule has 1 aromatic rings. The number of carbonyl (C=O) groups excluding carboxylic acids is 1. The molecule has 0 saturated heterocycles. The fraction of sp³-hybridized carbons (Fsp3) is 0.500.